The Morgan fingerprint density at radius 3 is 2.46 bits per heavy atom. The molecule has 13 heavy (non-hydrogen) atoms. The fourth-order valence-corrected chi connectivity index (χ4v) is 2.32. The monoisotopic (exact) mass is 186 g/mol. The zero-order valence-corrected chi connectivity index (χ0v) is 8.88. The van der Waals surface area contributed by atoms with Crippen LogP contribution in [0.1, 0.15) is 45.4 Å². The lowest BCUT2D eigenvalue weighted by Crippen LogP contribution is -2.38. The number of aliphatic hydroxyl groups is 1. The minimum absolute atomic E-state index is 0.506. The molecule has 1 aliphatic rings. The van der Waals surface area contributed by atoms with Gasteiger partial charge >= 0.3 is 0 Å². The molecule has 0 heterocycles. The van der Waals surface area contributed by atoms with E-state index >= 15 is 0 Å². The maximum Gasteiger partial charge on any atom is 0.0880 e. The molecule has 1 aliphatic carbocycles. The SMILES string of the molecule is CCCC1CCC(O)(COC)CC1. The molecule has 1 saturated carbocycles. The Labute approximate surface area is 81.3 Å². The summed E-state index contributed by atoms with van der Waals surface area (Å²) in [5.41, 5.74) is -0.515. The van der Waals surface area contributed by atoms with E-state index in [2.05, 4.69) is 6.92 Å². The number of rotatable bonds is 4. The predicted molar refractivity (Wildman–Crippen MR) is 53.7 cm³/mol. The van der Waals surface area contributed by atoms with Crippen molar-refractivity contribution in [3.63, 3.8) is 0 Å². The molecular weight excluding hydrogens is 164 g/mol. The fraction of sp³-hybridized carbons (Fsp3) is 1.00. The van der Waals surface area contributed by atoms with Crippen LogP contribution in [-0.4, -0.2) is 24.4 Å². The normalized spacial score (nSPS) is 34.8. The van der Waals surface area contributed by atoms with Gasteiger partial charge in [-0.3, -0.25) is 0 Å². The molecule has 0 atom stereocenters. The minimum Gasteiger partial charge on any atom is -0.387 e. The number of methoxy groups -OCH3 is 1. The van der Waals surface area contributed by atoms with Gasteiger partial charge in [0.1, 0.15) is 0 Å². The Balaban J connectivity index is 2.28. The molecule has 1 rings (SSSR count). The van der Waals surface area contributed by atoms with E-state index in [1.54, 1.807) is 7.11 Å². The van der Waals surface area contributed by atoms with Crippen molar-refractivity contribution in [3.05, 3.63) is 0 Å². The average Bonchev–Trinajstić information content (AvgIpc) is 2.10. The van der Waals surface area contributed by atoms with Gasteiger partial charge in [0.2, 0.25) is 0 Å². The average molecular weight is 186 g/mol. The molecule has 0 bridgehead atoms. The summed E-state index contributed by atoms with van der Waals surface area (Å²) in [5.74, 6) is 0.849. The van der Waals surface area contributed by atoms with Gasteiger partial charge in [-0.15, -0.1) is 0 Å². The molecule has 0 aromatic carbocycles. The van der Waals surface area contributed by atoms with E-state index in [9.17, 15) is 5.11 Å². The lowest BCUT2D eigenvalue weighted by Gasteiger charge is -2.35. The van der Waals surface area contributed by atoms with Crippen LogP contribution in [0.4, 0.5) is 0 Å². The van der Waals surface area contributed by atoms with Gasteiger partial charge in [0.05, 0.1) is 12.2 Å². The summed E-state index contributed by atoms with van der Waals surface area (Å²) in [6, 6.07) is 0. The quantitative estimate of drug-likeness (QED) is 0.730. The maximum absolute atomic E-state index is 10.0. The number of hydrogen-bond donors (Lipinski definition) is 1. The highest BCUT2D eigenvalue weighted by Gasteiger charge is 2.32. The molecule has 0 amide bonds. The maximum atomic E-state index is 10.0. The van der Waals surface area contributed by atoms with Crippen LogP contribution in [0, 0.1) is 5.92 Å². The van der Waals surface area contributed by atoms with Crippen molar-refractivity contribution >= 4 is 0 Å². The second-order valence-corrected chi connectivity index (χ2v) is 4.39. The summed E-state index contributed by atoms with van der Waals surface area (Å²) in [6.45, 7) is 2.74. The lowest BCUT2D eigenvalue weighted by atomic mass is 9.77. The van der Waals surface area contributed by atoms with Gasteiger partial charge in [-0.05, 0) is 31.6 Å². The van der Waals surface area contributed by atoms with Crippen LogP contribution in [0.3, 0.4) is 0 Å². The van der Waals surface area contributed by atoms with E-state index in [1.807, 2.05) is 0 Å². The van der Waals surface area contributed by atoms with Gasteiger partial charge in [-0.25, -0.2) is 0 Å². The van der Waals surface area contributed by atoms with E-state index in [-0.39, 0.29) is 0 Å². The highest BCUT2D eigenvalue weighted by molar-refractivity contribution is 4.85. The Bertz CT molecular complexity index is 137. The van der Waals surface area contributed by atoms with Crippen molar-refractivity contribution in [3.8, 4) is 0 Å². The molecule has 0 aromatic heterocycles. The molecule has 1 N–H and O–H groups in total. The molecular formula is C11H22O2. The van der Waals surface area contributed by atoms with Crippen molar-refractivity contribution < 1.29 is 9.84 Å². The first-order chi connectivity index (χ1) is 6.20. The molecule has 2 heteroatoms. The van der Waals surface area contributed by atoms with Gasteiger partial charge < -0.3 is 9.84 Å². The second kappa shape index (κ2) is 4.97. The van der Waals surface area contributed by atoms with Crippen LogP contribution in [-0.2, 0) is 4.74 Å². The topological polar surface area (TPSA) is 29.5 Å². The molecule has 0 radical (unpaired) electrons. The van der Waals surface area contributed by atoms with Crippen molar-refractivity contribution in [2.45, 2.75) is 51.0 Å². The van der Waals surface area contributed by atoms with E-state index in [0.29, 0.717) is 6.61 Å². The first-order valence-corrected chi connectivity index (χ1v) is 5.41. The summed E-state index contributed by atoms with van der Waals surface area (Å²) in [6.07, 6.45) is 6.79. The zero-order chi connectivity index (χ0) is 9.73. The molecule has 0 unspecified atom stereocenters. The Kier molecular flexibility index (Phi) is 4.20. The van der Waals surface area contributed by atoms with Crippen LogP contribution in [0.15, 0.2) is 0 Å². The molecule has 0 spiro atoms. The van der Waals surface area contributed by atoms with E-state index in [0.717, 1.165) is 18.8 Å². The molecule has 2 nitrogen and oxygen atoms in total. The zero-order valence-electron chi connectivity index (χ0n) is 8.88. The third-order valence-corrected chi connectivity index (χ3v) is 3.15. The third kappa shape index (κ3) is 3.28. The fourth-order valence-electron chi connectivity index (χ4n) is 2.32. The summed E-state index contributed by atoms with van der Waals surface area (Å²) in [4.78, 5) is 0. The summed E-state index contributed by atoms with van der Waals surface area (Å²) >= 11 is 0. The summed E-state index contributed by atoms with van der Waals surface area (Å²) < 4.78 is 5.03. The van der Waals surface area contributed by atoms with Crippen molar-refractivity contribution in [2.24, 2.45) is 5.92 Å². The molecule has 0 aromatic rings. The van der Waals surface area contributed by atoms with Crippen molar-refractivity contribution in [2.75, 3.05) is 13.7 Å². The van der Waals surface area contributed by atoms with Gasteiger partial charge in [-0.2, -0.15) is 0 Å². The van der Waals surface area contributed by atoms with E-state index < -0.39 is 5.60 Å². The molecule has 0 aliphatic heterocycles. The predicted octanol–water partition coefficient (Wildman–Crippen LogP) is 2.35. The first-order valence-electron chi connectivity index (χ1n) is 5.41. The highest BCUT2D eigenvalue weighted by Crippen LogP contribution is 2.34. The largest absolute Gasteiger partial charge is 0.387 e. The van der Waals surface area contributed by atoms with Gasteiger partial charge in [-0.1, -0.05) is 19.8 Å². The molecule has 78 valence electrons. The van der Waals surface area contributed by atoms with Crippen LogP contribution in [0.5, 0.6) is 0 Å². The highest BCUT2D eigenvalue weighted by atomic mass is 16.5. The van der Waals surface area contributed by atoms with Gasteiger partial charge in [0, 0.05) is 7.11 Å². The lowest BCUT2D eigenvalue weighted by molar-refractivity contribution is -0.0647. The Morgan fingerprint density at radius 2 is 2.00 bits per heavy atom. The standard InChI is InChI=1S/C11H22O2/c1-3-4-10-5-7-11(12,8-6-10)9-13-2/h10,12H,3-9H2,1-2H3. The third-order valence-electron chi connectivity index (χ3n) is 3.15. The number of ether oxygens (including phenoxy) is 1. The van der Waals surface area contributed by atoms with Gasteiger partial charge in [0.25, 0.3) is 0 Å². The summed E-state index contributed by atoms with van der Waals surface area (Å²) in [7, 11) is 1.66. The van der Waals surface area contributed by atoms with Crippen LogP contribution in [0.25, 0.3) is 0 Å². The summed E-state index contributed by atoms with van der Waals surface area (Å²) in [5, 5.41) is 10.0. The Hall–Kier alpha value is -0.0800. The Morgan fingerprint density at radius 1 is 1.38 bits per heavy atom. The smallest absolute Gasteiger partial charge is 0.0880 e. The van der Waals surface area contributed by atoms with Crippen molar-refractivity contribution in [1.29, 1.82) is 0 Å². The van der Waals surface area contributed by atoms with Crippen LogP contribution >= 0.6 is 0 Å². The molecule has 0 saturated heterocycles. The van der Waals surface area contributed by atoms with Crippen molar-refractivity contribution in [1.82, 2.24) is 0 Å². The first kappa shape index (κ1) is 11.0. The van der Waals surface area contributed by atoms with E-state index in [1.165, 1.54) is 25.7 Å². The van der Waals surface area contributed by atoms with Gasteiger partial charge in [0.15, 0.2) is 0 Å². The van der Waals surface area contributed by atoms with Crippen LogP contribution in [0.2, 0.25) is 0 Å². The molecule has 1 fully saturated rings. The second-order valence-electron chi connectivity index (χ2n) is 4.39. The van der Waals surface area contributed by atoms with E-state index in [4.69, 9.17) is 4.74 Å². The number of hydrogen-bond acceptors (Lipinski definition) is 2. The minimum atomic E-state index is -0.515. The van der Waals surface area contributed by atoms with Crippen LogP contribution < -0.4 is 0 Å².